The van der Waals surface area contributed by atoms with Gasteiger partial charge in [-0.3, -0.25) is 4.98 Å². The number of hydrogen-bond acceptors (Lipinski definition) is 5. The van der Waals surface area contributed by atoms with Crippen molar-refractivity contribution in [3.05, 3.63) is 42.6 Å². The molecule has 0 spiro atoms. The van der Waals surface area contributed by atoms with Crippen molar-refractivity contribution < 1.29 is 4.74 Å². The van der Waals surface area contributed by atoms with Crippen molar-refractivity contribution in [3.63, 3.8) is 0 Å². The summed E-state index contributed by atoms with van der Waals surface area (Å²) in [6, 6.07) is 5.84. The first-order valence-electron chi connectivity index (χ1n) is 8.17. The average molecular weight is 312 g/mol. The highest BCUT2D eigenvalue weighted by Crippen LogP contribution is 2.24. The van der Waals surface area contributed by atoms with Gasteiger partial charge < -0.3 is 9.64 Å². The first kappa shape index (κ1) is 15.7. The van der Waals surface area contributed by atoms with Gasteiger partial charge in [-0.05, 0) is 31.0 Å². The number of anilines is 1. The number of rotatable bonds is 3. The van der Waals surface area contributed by atoms with E-state index < -0.39 is 0 Å². The molecule has 1 fully saturated rings. The van der Waals surface area contributed by atoms with Crippen LogP contribution in [0.15, 0.2) is 36.8 Å². The fourth-order valence-corrected chi connectivity index (χ4v) is 2.74. The summed E-state index contributed by atoms with van der Waals surface area (Å²) < 4.78 is 6.06. The van der Waals surface area contributed by atoms with E-state index in [9.17, 15) is 0 Å². The SMILES string of the molecule is CC(C)(C)c1nccc(N2CCCC(Oc3cccnc3)C2)n1. The normalized spacial score (nSPS) is 18.7. The van der Waals surface area contributed by atoms with Crippen LogP contribution in [0.2, 0.25) is 0 Å². The van der Waals surface area contributed by atoms with Gasteiger partial charge in [-0.15, -0.1) is 0 Å². The lowest BCUT2D eigenvalue weighted by Crippen LogP contribution is -2.41. The fourth-order valence-electron chi connectivity index (χ4n) is 2.74. The molecule has 0 amide bonds. The van der Waals surface area contributed by atoms with Gasteiger partial charge >= 0.3 is 0 Å². The summed E-state index contributed by atoms with van der Waals surface area (Å²) >= 11 is 0. The van der Waals surface area contributed by atoms with E-state index in [1.807, 2.05) is 24.4 Å². The Morgan fingerprint density at radius 3 is 2.83 bits per heavy atom. The van der Waals surface area contributed by atoms with E-state index in [0.29, 0.717) is 0 Å². The van der Waals surface area contributed by atoms with Crippen LogP contribution in [0.3, 0.4) is 0 Å². The minimum atomic E-state index is -0.0442. The van der Waals surface area contributed by atoms with E-state index in [0.717, 1.165) is 43.3 Å². The van der Waals surface area contributed by atoms with Crippen LogP contribution in [0.1, 0.15) is 39.4 Å². The second-order valence-corrected chi connectivity index (χ2v) is 7.01. The van der Waals surface area contributed by atoms with E-state index in [-0.39, 0.29) is 11.5 Å². The zero-order chi connectivity index (χ0) is 16.3. The van der Waals surface area contributed by atoms with Gasteiger partial charge in [0.25, 0.3) is 0 Å². The largest absolute Gasteiger partial charge is 0.487 e. The van der Waals surface area contributed by atoms with Crippen molar-refractivity contribution in [2.45, 2.75) is 45.1 Å². The maximum Gasteiger partial charge on any atom is 0.138 e. The van der Waals surface area contributed by atoms with Gasteiger partial charge in [-0.1, -0.05) is 20.8 Å². The summed E-state index contributed by atoms with van der Waals surface area (Å²) in [5.74, 6) is 2.70. The zero-order valence-electron chi connectivity index (χ0n) is 14.1. The smallest absolute Gasteiger partial charge is 0.138 e. The Morgan fingerprint density at radius 1 is 1.22 bits per heavy atom. The Bertz CT molecular complexity index is 639. The quantitative estimate of drug-likeness (QED) is 0.871. The van der Waals surface area contributed by atoms with Crippen LogP contribution >= 0.6 is 0 Å². The van der Waals surface area contributed by atoms with Gasteiger partial charge in [0.05, 0.1) is 12.7 Å². The molecule has 2 aromatic heterocycles. The second kappa shape index (κ2) is 6.52. The maximum absolute atomic E-state index is 6.06. The molecule has 5 heteroatoms. The standard InChI is InChI=1S/C18H24N4O/c1-18(2,3)17-20-10-8-16(21-17)22-11-5-7-15(13-22)23-14-6-4-9-19-12-14/h4,6,8-10,12,15H,5,7,11,13H2,1-3H3. The highest BCUT2D eigenvalue weighted by atomic mass is 16.5. The Labute approximate surface area is 137 Å². The third-order valence-electron chi connectivity index (χ3n) is 3.95. The van der Waals surface area contributed by atoms with Crippen molar-refractivity contribution in [2.75, 3.05) is 18.0 Å². The van der Waals surface area contributed by atoms with Crippen molar-refractivity contribution in [2.24, 2.45) is 0 Å². The third-order valence-corrected chi connectivity index (χ3v) is 3.95. The van der Waals surface area contributed by atoms with Gasteiger partial charge in [0.15, 0.2) is 0 Å². The Hall–Kier alpha value is -2.17. The predicted octanol–water partition coefficient (Wildman–Crippen LogP) is 3.22. The molecule has 1 saturated heterocycles. The first-order chi connectivity index (χ1) is 11.0. The van der Waals surface area contributed by atoms with Crippen LogP contribution in [0, 0.1) is 0 Å². The summed E-state index contributed by atoms with van der Waals surface area (Å²) in [5.41, 5.74) is -0.0442. The lowest BCUT2D eigenvalue weighted by Gasteiger charge is -2.34. The van der Waals surface area contributed by atoms with Crippen molar-refractivity contribution in [1.29, 1.82) is 0 Å². The fraction of sp³-hybridized carbons (Fsp3) is 0.500. The van der Waals surface area contributed by atoms with Crippen LogP contribution in [0.5, 0.6) is 5.75 Å². The summed E-state index contributed by atoms with van der Waals surface area (Å²) in [5, 5.41) is 0. The number of hydrogen-bond donors (Lipinski definition) is 0. The molecular weight excluding hydrogens is 288 g/mol. The van der Waals surface area contributed by atoms with Crippen LogP contribution in [0.25, 0.3) is 0 Å². The molecule has 0 radical (unpaired) electrons. The highest BCUT2D eigenvalue weighted by molar-refractivity contribution is 5.39. The number of pyridine rings is 1. The Kier molecular flexibility index (Phi) is 4.46. The lowest BCUT2D eigenvalue weighted by atomic mass is 9.96. The van der Waals surface area contributed by atoms with Crippen LogP contribution in [0.4, 0.5) is 5.82 Å². The summed E-state index contributed by atoms with van der Waals surface area (Å²) in [6.45, 7) is 8.26. The van der Waals surface area contributed by atoms with Gasteiger partial charge in [0.1, 0.15) is 23.5 Å². The molecule has 0 aliphatic carbocycles. The van der Waals surface area contributed by atoms with E-state index in [1.165, 1.54) is 0 Å². The molecule has 5 nitrogen and oxygen atoms in total. The van der Waals surface area contributed by atoms with Crippen LogP contribution < -0.4 is 9.64 Å². The Balaban J connectivity index is 1.71. The van der Waals surface area contributed by atoms with Gasteiger partial charge in [0, 0.05) is 24.4 Å². The monoisotopic (exact) mass is 312 g/mol. The van der Waals surface area contributed by atoms with E-state index in [2.05, 4.69) is 35.6 Å². The molecule has 122 valence electrons. The molecule has 0 saturated carbocycles. The van der Waals surface area contributed by atoms with Crippen LogP contribution in [-0.4, -0.2) is 34.1 Å². The highest BCUT2D eigenvalue weighted by Gasteiger charge is 2.24. The van der Waals surface area contributed by atoms with E-state index in [1.54, 1.807) is 12.4 Å². The minimum Gasteiger partial charge on any atom is -0.487 e. The molecular formula is C18H24N4O. The summed E-state index contributed by atoms with van der Waals surface area (Å²) in [7, 11) is 0. The molecule has 23 heavy (non-hydrogen) atoms. The second-order valence-electron chi connectivity index (χ2n) is 7.01. The van der Waals surface area contributed by atoms with Crippen molar-refractivity contribution >= 4 is 5.82 Å². The molecule has 1 aliphatic rings. The average Bonchev–Trinajstić information content (AvgIpc) is 2.55. The molecule has 2 aromatic rings. The molecule has 1 unspecified atom stereocenters. The molecule has 1 atom stereocenters. The summed E-state index contributed by atoms with van der Waals surface area (Å²) in [6.07, 6.45) is 7.70. The molecule has 0 bridgehead atoms. The maximum atomic E-state index is 6.06. The van der Waals surface area contributed by atoms with E-state index >= 15 is 0 Å². The zero-order valence-corrected chi connectivity index (χ0v) is 14.1. The van der Waals surface area contributed by atoms with Crippen LogP contribution in [-0.2, 0) is 5.41 Å². The number of ether oxygens (including phenoxy) is 1. The number of aromatic nitrogens is 3. The van der Waals surface area contributed by atoms with Gasteiger partial charge in [-0.2, -0.15) is 0 Å². The summed E-state index contributed by atoms with van der Waals surface area (Å²) in [4.78, 5) is 15.6. The lowest BCUT2D eigenvalue weighted by molar-refractivity contribution is 0.178. The number of nitrogens with zero attached hydrogens (tertiary/aromatic N) is 4. The van der Waals surface area contributed by atoms with Crippen molar-refractivity contribution in [1.82, 2.24) is 15.0 Å². The van der Waals surface area contributed by atoms with Gasteiger partial charge in [0.2, 0.25) is 0 Å². The molecule has 3 rings (SSSR count). The third kappa shape index (κ3) is 3.97. The van der Waals surface area contributed by atoms with E-state index in [4.69, 9.17) is 9.72 Å². The predicted molar refractivity (Wildman–Crippen MR) is 90.8 cm³/mol. The van der Waals surface area contributed by atoms with Crippen molar-refractivity contribution in [3.8, 4) is 5.75 Å². The molecule has 3 heterocycles. The molecule has 0 N–H and O–H groups in total. The Morgan fingerprint density at radius 2 is 2.09 bits per heavy atom. The topological polar surface area (TPSA) is 51.1 Å². The number of piperidine rings is 1. The first-order valence-corrected chi connectivity index (χ1v) is 8.17. The molecule has 0 aromatic carbocycles. The minimum absolute atomic E-state index is 0.0442. The molecule has 1 aliphatic heterocycles. The van der Waals surface area contributed by atoms with Gasteiger partial charge in [-0.25, -0.2) is 9.97 Å².